The Hall–Kier alpha value is -1.84. The van der Waals surface area contributed by atoms with Crippen molar-refractivity contribution in [2.45, 2.75) is 19.3 Å². The number of hydrogen-bond donors (Lipinski definition) is 2. The summed E-state index contributed by atoms with van der Waals surface area (Å²) in [5, 5.41) is 11.5. The fraction of sp³-hybridized carbons (Fsp3) is 0.429. The summed E-state index contributed by atoms with van der Waals surface area (Å²) in [7, 11) is 0. The van der Waals surface area contributed by atoms with E-state index in [4.69, 9.17) is 5.11 Å². The second kappa shape index (κ2) is 5.67. The van der Waals surface area contributed by atoms with E-state index >= 15 is 0 Å². The fourth-order valence-corrected chi connectivity index (χ4v) is 2.04. The van der Waals surface area contributed by atoms with Gasteiger partial charge in [-0.05, 0) is 24.8 Å². The van der Waals surface area contributed by atoms with Crippen LogP contribution in [0, 0.1) is 11.8 Å². The largest absolute Gasteiger partial charge is 0.481 e. The second-order valence-corrected chi connectivity index (χ2v) is 4.67. The molecule has 1 aromatic rings. The van der Waals surface area contributed by atoms with Crippen LogP contribution in [0.15, 0.2) is 30.3 Å². The Balaban J connectivity index is 1.62. The van der Waals surface area contributed by atoms with E-state index in [1.807, 2.05) is 18.2 Å². The maximum Gasteiger partial charge on any atom is 0.307 e. The highest BCUT2D eigenvalue weighted by atomic mass is 16.4. The van der Waals surface area contributed by atoms with Gasteiger partial charge in [-0.1, -0.05) is 30.3 Å². The van der Waals surface area contributed by atoms with E-state index in [1.165, 1.54) is 5.56 Å². The molecule has 0 bridgehead atoms. The van der Waals surface area contributed by atoms with E-state index in [0.717, 1.165) is 12.8 Å². The Labute approximate surface area is 106 Å². The van der Waals surface area contributed by atoms with Crippen LogP contribution in [0.3, 0.4) is 0 Å². The number of aryl methyl sites for hydroxylation is 1. The normalized spacial score (nSPS) is 21.3. The van der Waals surface area contributed by atoms with Gasteiger partial charge in [0, 0.05) is 6.54 Å². The molecule has 1 amide bonds. The number of hydrogen-bond acceptors (Lipinski definition) is 2. The van der Waals surface area contributed by atoms with Crippen LogP contribution in [0.1, 0.15) is 18.4 Å². The third-order valence-electron chi connectivity index (χ3n) is 3.23. The van der Waals surface area contributed by atoms with Crippen LogP contribution in [0.4, 0.5) is 0 Å². The quantitative estimate of drug-likeness (QED) is 0.748. The first-order valence-corrected chi connectivity index (χ1v) is 6.23. The van der Waals surface area contributed by atoms with Gasteiger partial charge in [0.2, 0.25) is 5.91 Å². The Bertz CT molecular complexity index is 430. The van der Waals surface area contributed by atoms with Crippen LogP contribution in [-0.4, -0.2) is 23.5 Å². The molecule has 1 saturated carbocycles. The molecule has 96 valence electrons. The summed E-state index contributed by atoms with van der Waals surface area (Å²) in [4.78, 5) is 22.2. The van der Waals surface area contributed by atoms with Gasteiger partial charge in [0.15, 0.2) is 0 Å². The Morgan fingerprint density at radius 3 is 2.56 bits per heavy atom. The maximum atomic E-state index is 11.6. The van der Waals surface area contributed by atoms with Crippen molar-refractivity contribution in [3.05, 3.63) is 35.9 Å². The number of benzene rings is 1. The predicted octanol–water partition coefficient (Wildman–Crippen LogP) is 1.46. The molecule has 1 aliphatic rings. The summed E-state index contributed by atoms with van der Waals surface area (Å²) in [5.74, 6) is -1.74. The molecule has 18 heavy (non-hydrogen) atoms. The molecule has 2 rings (SSSR count). The van der Waals surface area contributed by atoms with E-state index in [0.29, 0.717) is 13.0 Å². The highest BCUT2D eigenvalue weighted by Gasteiger charge is 2.48. The number of aliphatic carboxylic acids is 1. The molecule has 2 atom stereocenters. The van der Waals surface area contributed by atoms with E-state index in [-0.39, 0.29) is 11.8 Å². The molecule has 0 radical (unpaired) electrons. The van der Waals surface area contributed by atoms with Crippen LogP contribution < -0.4 is 5.32 Å². The summed E-state index contributed by atoms with van der Waals surface area (Å²) in [6.07, 6.45) is 2.29. The molecule has 1 fully saturated rings. The molecule has 1 aromatic carbocycles. The average Bonchev–Trinajstić information content (AvgIpc) is 3.16. The first kappa shape index (κ1) is 12.6. The zero-order valence-corrected chi connectivity index (χ0v) is 10.1. The number of carbonyl (C=O) groups is 2. The molecule has 0 aliphatic heterocycles. The van der Waals surface area contributed by atoms with Gasteiger partial charge in [0.25, 0.3) is 0 Å². The van der Waals surface area contributed by atoms with Gasteiger partial charge in [0.1, 0.15) is 0 Å². The molecule has 0 heterocycles. The minimum Gasteiger partial charge on any atom is -0.481 e. The highest BCUT2D eigenvalue weighted by Crippen LogP contribution is 2.38. The average molecular weight is 247 g/mol. The predicted molar refractivity (Wildman–Crippen MR) is 67.0 cm³/mol. The van der Waals surface area contributed by atoms with Gasteiger partial charge in [0.05, 0.1) is 11.8 Å². The van der Waals surface area contributed by atoms with Crippen molar-refractivity contribution in [1.29, 1.82) is 0 Å². The van der Waals surface area contributed by atoms with Crippen molar-refractivity contribution in [1.82, 2.24) is 5.32 Å². The van der Waals surface area contributed by atoms with Gasteiger partial charge >= 0.3 is 5.97 Å². The molecule has 0 saturated heterocycles. The van der Waals surface area contributed by atoms with Crippen molar-refractivity contribution in [3.63, 3.8) is 0 Å². The highest BCUT2D eigenvalue weighted by molar-refractivity contribution is 5.89. The zero-order valence-electron chi connectivity index (χ0n) is 10.1. The number of rotatable bonds is 6. The van der Waals surface area contributed by atoms with Crippen molar-refractivity contribution < 1.29 is 14.7 Å². The van der Waals surface area contributed by atoms with Gasteiger partial charge in [-0.3, -0.25) is 9.59 Å². The summed E-state index contributed by atoms with van der Waals surface area (Å²) in [5.41, 5.74) is 1.25. The molecule has 0 aromatic heterocycles. The van der Waals surface area contributed by atoms with Gasteiger partial charge < -0.3 is 10.4 Å². The Kier molecular flexibility index (Phi) is 3.97. The van der Waals surface area contributed by atoms with Gasteiger partial charge in [-0.2, -0.15) is 0 Å². The van der Waals surface area contributed by atoms with Gasteiger partial charge in [-0.25, -0.2) is 0 Å². The Morgan fingerprint density at radius 1 is 1.22 bits per heavy atom. The zero-order chi connectivity index (χ0) is 13.0. The number of nitrogens with one attached hydrogen (secondary N) is 1. The second-order valence-electron chi connectivity index (χ2n) is 4.67. The first-order valence-electron chi connectivity index (χ1n) is 6.23. The lowest BCUT2D eigenvalue weighted by Gasteiger charge is -2.04. The molecule has 2 N–H and O–H groups in total. The fourth-order valence-electron chi connectivity index (χ4n) is 2.04. The molecule has 4 heteroatoms. The molecule has 0 unspecified atom stereocenters. The third-order valence-corrected chi connectivity index (χ3v) is 3.23. The number of carbonyl (C=O) groups excluding carboxylic acids is 1. The topological polar surface area (TPSA) is 66.4 Å². The van der Waals surface area contributed by atoms with E-state index < -0.39 is 11.9 Å². The molecular formula is C14H17NO3. The maximum absolute atomic E-state index is 11.6. The Morgan fingerprint density at radius 2 is 1.94 bits per heavy atom. The standard InChI is InChI=1S/C14H17NO3/c16-13(11-9-12(11)14(17)18)15-8-4-7-10-5-2-1-3-6-10/h1-3,5-6,11-12H,4,7-9H2,(H,15,16)(H,17,18)/t11-,12-/m1/s1. The summed E-state index contributed by atoms with van der Waals surface area (Å²) < 4.78 is 0. The van der Waals surface area contributed by atoms with Crippen molar-refractivity contribution in [2.24, 2.45) is 11.8 Å². The summed E-state index contributed by atoms with van der Waals surface area (Å²) >= 11 is 0. The van der Waals surface area contributed by atoms with Crippen LogP contribution in [0.2, 0.25) is 0 Å². The number of amides is 1. The summed E-state index contributed by atoms with van der Waals surface area (Å²) in [6, 6.07) is 10.1. The van der Waals surface area contributed by atoms with E-state index in [1.54, 1.807) is 0 Å². The molecule has 0 spiro atoms. The van der Waals surface area contributed by atoms with E-state index in [2.05, 4.69) is 17.4 Å². The number of carboxylic acid groups (broad SMARTS) is 1. The van der Waals surface area contributed by atoms with Crippen LogP contribution >= 0.6 is 0 Å². The van der Waals surface area contributed by atoms with Crippen molar-refractivity contribution in [3.8, 4) is 0 Å². The van der Waals surface area contributed by atoms with Gasteiger partial charge in [-0.15, -0.1) is 0 Å². The van der Waals surface area contributed by atoms with Crippen molar-refractivity contribution in [2.75, 3.05) is 6.54 Å². The van der Waals surface area contributed by atoms with Crippen molar-refractivity contribution >= 4 is 11.9 Å². The monoisotopic (exact) mass is 247 g/mol. The third kappa shape index (κ3) is 3.32. The molecular weight excluding hydrogens is 230 g/mol. The number of carboxylic acids is 1. The smallest absolute Gasteiger partial charge is 0.307 e. The lowest BCUT2D eigenvalue weighted by Crippen LogP contribution is -2.27. The first-order chi connectivity index (χ1) is 8.68. The molecule has 1 aliphatic carbocycles. The van der Waals surface area contributed by atoms with Crippen LogP contribution in [-0.2, 0) is 16.0 Å². The van der Waals surface area contributed by atoms with E-state index in [9.17, 15) is 9.59 Å². The minimum absolute atomic E-state index is 0.115. The lowest BCUT2D eigenvalue weighted by atomic mass is 10.1. The van der Waals surface area contributed by atoms with Crippen LogP contribution in [0.5, 0.6) is 0 Å². The SMILES string of the molecule is O=C(O)[C@@H]1C[C@H]1C(=O)NCCCc1ccccc1. The minimum atomic E-state index is -0.862. The molecule has 4 nitrogen and oxygen atoms in total. The lowest BCUT2D eigenvalue weighted by molar-refractivity contribution is -0.140. The van der Waals surface area contributed by atoms with Crippen LogP contribution in [0.25, 0.3) is 0 Å². The summed E-state index contributed by atoms with van der Waals surface area (Å²) in [6.45, 7) is 0.608.